The van der Waals surface area contributed by atoms with E-state index in [-0.39, 0.29) is 0 Å². The van der Waals surface area contributed by atoms with Crippen molar-refractivity contribution in [3.8, 4) is 45.3 Å². The van der Waals surface area contributed by atoms with Crippen LogP contribution in [-0.4, -0.2) is 0 Å². The van der Waals surface area contributed by atoms with Gasteiger partial charge in [0.2, 0.25) is 0 Å². The Bertz CT molecular complexity index is 1980. The molecule has 0 radical (unpaired) electrons. The van der Waals surface area contributed by atoms with Gasteiger partial charge in [-0.25, -0.2) is 0 Å². The van der Waals surface area contributed by atoms with Crippen LogP contribution < -0.4 is 0 Å². The van der Waals surface area contributed by atoms with Gasteiger partial charge in [0.05, 0.1) is 0 Å². The Labute approximate surface area is 242 Å². The van der Waals surface area contributed by atoms with Crippen molar-refractivity contribution in [3.05, 3.63) is 120 Å². The third-order valence-electron chi connectivity index (χ3n) is 8.13. The summed E-state index contributed by atoms with van der Waals surface area (Å²) >= 11 is 0. The molecule has 0 aliphatic carbocycles. The predicted octanol–water partition coefficient (Wildman–Crippen LogP) is 11.4. The second-order valence-corrected chi connectivity index (χ2v) is 11.0. The number of hydrogen-bond donors (Lipinski definition) is 0. The molecule has 4 heteroatoms. The number of rotatable bonds is 4. The van der Waals surface area contributed by atoms with E-state index in [9.17, 15) is 0 Å². The van der Waals surface area contributed by atoms with Crippen molar-refractivity contribution in [2.45, 2.75) is 27.7 Å². The minimum atomic E-state index is 0.803. The minimum absolute atomic E-state index is 0.803. The molecule has 0 N–H and O–H groups in total. The third-order valence-corrected chi connectivity index (χ3v) is 8.13. The SMILES string of the molecule is Cc1ccc(-c2c3ccccc3c(-c3ccc(C)o3)c3c(-c4ccc(C)o4)c4ccccc4c(-c4ccc(C)o4)c23)o1. The maximum absolute atomic E-state index is 6.42. The Hall–Kier alpha value is -5.22. The molecule has 0 atom stereocenters. The average molecular weight is 549 g/mol. The molecule has 4 nitrogen and oxygen atoms in total. The lowest BCUT2D eigenvalue weighted by Gasteiger charge is -2.22. The molecule has 204 valence electrons. The molecule has 0 amide bonds. The molecule has 0 aliphatic heterocycles. The second kappa shape index (κ2) is 9.15. The summed E-state index contributed by atoms with van der Waals surface area (Å²) in [6, 6.07) is 33.4. The highest BCUT2D eigenvalue weighted by Crippen LogP contribution is 2.54. The standard InChI is InChI=1S/C38H28O4/c1-21-13-17-29(39-21)33-25-9-5-6-10-26(25)35(31-19-15-23(3)41-31)38-36(32-20-16-24(4)42-32)28-12-8-7-11-27(28)34(37(33)38)30-18-14-22(2)40-30/h5-20H,1-4H3. The van der Waals surface area contributed by atoms with Crippen LogP contribution in [0.2, 0.25) is 0 Å². The monoisotopic (exact) mass is 548 g/mol. The molecule has 4 aromatic carbocycles. The van der Waals surface area contributed by atoms with Crippen molar-refractivity contribution in [1.82, 2.24) is 0 Å². The van der Waals surface area contributed by atoms with Crippen molar-refractivity contribution < 1.29 is 17.7 Å². The first-order valence-electron chi connectivity index (χ1n) is 14.2. The summed E-state index contributed by atoms with van der Waals surface area (Å²) in [6.07, 6.45) is 0. The lowest BCUT2D eigenvalue weighted by atomic mass is 9.81. The van der Waals surface area contributed by atoms with E-state index < -0.39 is 0 Å². The fourth-order valence-electron chi connectivity index (χ4n) is 6.43. The van der Waals surface area contributed by atoms with Gasteiger partial charge in [0.25, 0.3) is 0 Å². The molecule has 4 heterocycles. The molecule has 8 rings (SSSR count). The van der Waals surface area contributed by atoms with Crippen LogP contribution in [0.5, 0.6) is 0 Å². The van der Waals surface area contributed by atoms with Crippen LogP contribution in [-0.2, 0) is 0 Å². The maximum Gasteiger partial charge on any atom is 0.135 e. The van der Waals surface area contributed by atoms with E-state index in [0.29, 0.717) is 0 Å². The fraction of sp³-hybridized carbons (Fsp3) is 0.105. The highest BCUT2D eigenvalue weighted by molar-refractivity contribution is 6.32. The van der Waals surface area contributed by atoms with E-state index in [1.165, 1.54) is 0 Å². The first-order chi connectivity index (χ1) is 20.5. The van der Waals surface area contributed by atoms with Crippen molar-refractivity contribution in [1.29, 1.82) is 0 Å². The molecular weight excluding hydrogens is 520 g/mol. The Morgan fingerprint density at radius 2 is 0.548 bits per heavy atom. The molecule has 0 saturated heterocycles. The Morgan fingerprint density at radius 1 is 0.310 bits per heavy atom. The van der Waals surface area contributed by atoms with Gasteiger partial charge in [0.1, 0.15) is 46.1 Å². The Morgan fingerprint density at radius 3 is 0.738 bits per heavy atom. The Balaban J connectivity index is 1.76. The van der Waals surface area contributed by atoms with E-state index in [1.54, 1.807) is 0 Å². The van der Waals surface area contributed by atoms with E-state index in [2.05, 4.69) is 72.8 Å². The topological polar surface area (TPSA) is 52.6 Å². The first-order valence-corrected chi connectivity index (χ1v) is 14.2. The molecule has 8 aromatic rings. The molecular formula is C38H28O4. The summed E-state index contributed by atoms with van der Waals surface area (Å²) in [5.74, 6) is 6.62. The predicted molar refractivity (Wildman–Crippen MR) is 169 cm³/mol. The zero-order valence-corrected chi connectivity index (χ0v) is 23.9. The molecule has 0 spiro atoms. The van der Waals surface area contributed by atoms with Crippen molar-refractivity contribution in [2.75, 3.05) is 0 Å². The summed E-state index contributed by atoms with van der Waals surface area (Å²) < 4.78 is 25.7. The van der Waals surface area contributed by atoms with Crippen molar-refractivity contribution in [3.63, 3.8) is 0 Å². The molecule has 42 heavy (non-hydrogen) atoms. The molecule has 0 aliphatic rings. The van der Waals surface area contributed by atoms with Crippen LogP contribution in [0.3, 0.4) is 0 Å². The number of hydrogen-bond acceptors (Lipinski definition) is 4. The molecule has 0 saturated carbocycles. The molecule has 0 unspecified atom stereocenters. The second-order valence-electron chi connectivity index (χ2n) is 11.0. The van der Waals surface area contributed by atoms with Gasteiger partial charge >= 0.3 is 0 Å². The lowest BCUT2D eigenvalue weighted by molar-refractivity contribution is 0.546. The lowest BCUT2D eigenvalue weighted by Crippen LogP contribution is -1.96. The summed E-state index contributed by atoms with van der Waals surface area (Å²) in [4.78, 5) is 0. The molecule has 0 bridgehead atoms. The zero-order valence-electron chi connectivity index (χ0n) is 23.9. The van der Waals surface area contributed by atoms with Gasteiger partial charge in [-0.1, -0.05) is 48.5 Å². The van der Waals surface area contributed by atoms with E-state index in [0.717, 1.165) is 101 Å². The van der Waals surface area contributed by atoms with Gasteiger partial charge in [-0.05, 0) is 97.8 Å². The molecule has 0 fully saturated rings. The maximum atomic E-state index is 6.42. The number of aryl methyl sites for hydroxylation is 4. The van der Waals surface area contributed by atoms with Crippen molar-refractivity contribution >= 4 is 32.3 Å². The van der Waals surface area contributed by atoms with Crippen LogP contribution in [0.4, 0.5) is 0 Å². The average Bonchev–Trinajstić information content (AvgIpc) is 3.80. The largest absolute Gasteiger partial charge is 0.461 e. The highest BCUT2D eigenvalue weighted by Gasteiger charge is 2.29. The zero-order chi connectivity index (χ0) is 28.5. The quantitative estimate of drug-likeness (QED) is 0.205. The Kier molecular flexibility index (Phi) is 5.35. The van der Waals surface area contributed by atoms with Gasteiger partial charge in [0.15, 0.2) is 0 Å². The smallest absolute Gasteiger partial charge is 0.135 e. The highest BCUT2D eigenvalue weighted by atomic mass is 16.3. The minimum Gasteiger partial charge on any atom is -0.461 e. The van der Waals surface area contributed by atoms with E-state index in [1.807, 2.05) is 52.0 Å². The molecule has 4 aromatic heterocycles. The van der Waals surface area contributed by atoms with Crippen LogP contribution in [0.15, 0.2) is 115 Å². The van der Waals surface area contributed by atoms with Crippen LogP contribution in [0, 0.1) is 27.7 Å². The van der Waals surface area contributed by atoms with Gasteiger partial charge in [-0.2, -0.15) is 0 Å². The number of furan rings is 4. The summed E-state index contributed by atoms with van der Waals surface area (Å²) in [6.45, 7) is 7.93. The summed E-state index contributed by atoms with van der Waals surface area (Å²) in [5, 5.41) is 6.36. The van der Waals surface area contributed by atoms with Gasteiger partial charge in [0, 0.05) is 33.0 Å². The van der Waals surface area contributed by atoms with E-state index >= 15 is 0 Å². The van der Waals surface area contributed by atoms with Crippen molar-refractivity contribution in [2.24, 2.45) is 0 Å². The van der Waals surface area contributed by atoms with Gasteiger partial charge in [-0.3, -0.25) is 0 Å². The van der Waals surface area contributed by atoms with E-state index in [4.69, 9.17) is 17.7 Å². The summed E-state index contributed by atoms with van der Waals surface area (Å²) in [7, 11) is 0. The normalized spacial score (nSPS) is 11.8. The van der Waals surface area contributed by atoms with Crippen LogP contribution >= 0.6 is 0 Å². The number of benzene rings is 4. The number of fused-ring (bicyclic) bond motifs is 3. The summed E-state index contributed by atoms with van der Waals surface area (Å²) in [5.41, 5.74) is 4.06. The van der Waals surface area contributed by atoms with Crippen LogP contribution in [0.25, 0.3) is 77.6 Å². The van der Waals surface area contributed by atoms with Gasteiger partial charge in [-0.15, -0.1) is 0 Å². The fourth-order valence-corrected chi connectivity index (χ4v) is 6.43. The van der Waals surface area contributed by atoms with Gasteiger partial charge < -0.3 is 17.7 Å². The third kappa shape index (κ3) is 3.61. The first kappa shape index (κ1) is 24.6. The van der Waals surface area contributed by atoms with Crippen LogP contribution in [0.1, 0.15) is 23.0 Å².